The molecule has 0 amide bonds. The maximum Gasteiger partial charge on any atom is 0.228 e. The van der Waals surface area contributed by atoms with Crippen molar-refractivity contribution in [3.63, 3.8) is 0 Å². The van der Waals surface area contributed by atoms with Gasteiger partial charge in [-0.15, -0.1) is 0 Å². The van der Waals surface area contributed by atoms with E-state index in [9.17, 15) is 0 Å². The molecule has 0 saturated carbocycles. The highest BCUT2D eigenvalue weighted by atomic mass is 16.9. The molecule has 15 heavy (non-hydrogen) atoms. The highest BCUT2D eigenvalue weighted by molar-refractivity contribution is 5.64. The summed E-state index contributed by atoms with van der Waals surface area (Å²) in [6, 6.07) is 0. The summed E-state index contributed by atoms with van der Waals surface area (Å²) in [5.74, 6) is -0.0910. The third-order valence-electron chi connectivity index (χ3n) is 3.82. The molecule has 3 heterocycles. The number of hydrogen-bond donors (Lipinski definition) is 0. The van der Waals surface area contributed by atoms with Gasteiger partial charge >= 0.3 is 0 Å². The highest BCUT2D eigenvalue weighted by Crippen LogP contribution is 2.63. The molecule has 2 unspecified atom stereocenters. The maximum absolute atomic E-state index is 5.93. The number of nitrogens with zero attached hydrogens (tertiary/aromatic N) is 1. The first kappa shape index (κ1) is 9.75. The average molecular weight is 211 g/mol. The Morgan fingerprint density at radius 1 is 1.33 bits per heavy atom. The van der Waals surface area contributed by atoms with Crippen LogP contribution in [0.1, 0.15) is 20.8 Å². The van der Waals surface area contributed by atoms with Gasteiger partial charge < -0.3 is 14.2 Å². The minimum atomic E-state index is -0.456. The maximum atomic E-state index is 5.93. The monoisotopic (exact) mass is 211 g/mol. The second-order valence-corrected chi connectivity index (χ2v) is 5.15. The van der Waals surface area contributed by atoms with E-state index in [0.717, 1.165) is 0 Å². The fourth-order valence-electron chi connectivity index (χ4n) is 2.74. The lowest BCUT2D eigenvalue weighted by molar-refractivity contribution is -0.269. The second-order valence-electron chi connectivity index (χ2n) is 5.15. The minimum absolute atomic E-state index is 0.0735. The molecule has 0 bridgehead atoms. The fourth-order valence-corrected chi connectivity index (χ4v) is 2.74. The lowest BCUT2D eigenvalue weighted by Crippen LogP contribution is -2.58. The summed E-state index contributed by atoms with van der Waals surface area (Å²) in [6.07, 6.45) is 2.19. The smallest absolute Gasteiger partial charge is 0.228 e. The van der Waals surface area contributed by atoms with E-state index >= 15 is 0 Å². The molecule has 1 spiro atoms. The molecule has 3 saturated heterocycles. The zero-order valence-electron chi connectivity index (χ0n) is 9.56. The molecule has 0 aromatic rings. The number of ether oxygens (including phenoxy) is 3. The van der Waals surface area contributed by atoms with Crippen LogP contribution in [0.4, 0.5) is 0 Å². The Morgan fingerprint density at radius 3 is 2.53 bits per heavy atom. The summed E-state index contributed by atoms with van der Waals surface area (Å²) in [6.45, 7) is 6.22. The van der Waals surface area contributed by atoms with E-state index in [2.05, 4.69) is 11.9 Å². The topological polar surface area (TPSA) is 43.4 Å². The first-order chi connectivity index (χ1) is 7.02. The van der Waals surface area contributed by atoms with Crippen molar-refractivity contribution in [3.05, 3.63) is 0 Å². The molecular weight excluding hydrogens is 194 g/mol. The normalized spacial score (nSPS) is 55.7. The van der Waals surface area contributed by atoms with E-state index in [1.165, 1.54) is 0 Å². The lowest BCUT2D eigenvalue weighted by Gasteiger charge is -2.39. The largest absolute Gasteiger partial charge is 0.360 e. The van der Waals surface area contributed by atoms with Gasteiger partial charge in [-0.25, -0.2) is 0 Å². The molecule has 0 aliphatic carbocycles. The van der Waals surface area contributed by atoms with Crippen LogP contribution in [-0.2, 0) is 14.2 Å². The van der Waals surface area contributed by atoms with E-state index in [0.29, 0.717) is 5.92 Å². The first-order valence-corrected chi connectivity index (χ1v) is 5.47. The predicted molar refractivity (Wildman–Crippen MR) is 55.0 cm³/mol. The van der Waals surface area contributed by atoms with E-state index in [-0.39, 0.29) is 23.9 Å². The summed E-state index contributed by atoms with van der Waals surface area (Å²) in [5.41, 5.74) is -0.188. The number of fused-ring (bicyclic) bond motifs is 2. The van der Waals surface area contributed by atoms with Gasteiger partial charge in [-0.3, -0.25) is 4.99 Å². The van der Waals surface area contributed by atoms with E-state index in [4.69, 9.17) is 14.2 Å². The van der Waals surface area contributed by atoms with Crippen molar-refractivity contribution >= 4 is 6.21 Å². The molecule has 3 aliphatic heterocycles. The van der Waals surface area contributed by atoms with E-state index < -0.39 is 5.79 Å². The van der Waals surface area contributed by atoms with Crippen LogP contribution in [0.5, 0.6) is 0 Å². The SMILES string of the molecule is CN=C[C@@H]1O[C@@H]2C(OC23OC3(C)C)[C@H]1C. The second kappa shape index (κ2) is 2.62. The molecule has 84 valence electrons. The van der Waals surface area contributed by atoms with Crippen molar-refractivity contribution in [3.8, 4) is 0 Å². The Balaban J connectivity index is 1.78. The summed E-state index contributed by atoms with van der Waals surface area (Å²) < 4.78 is 17.4. The fraction of sp³-hybridized carbons (Fsp3) is 0.909. The summed E-state index contributed by atoms with van der Waals surface area (Å²) in [7, 11) is 1.77. The van der Waals surface area contributed by atoms with Crippen LogP contribution < -0.4 is 0 Å². The molecule has 4 heteroatoms. The zero-order chi connectivity index (χ0) is 10.8. The Hall–Kier alpha value is -0.450. The lowest BCUT2D eigenvalue weighted by atomic mass is 9.86. The number of rotatable bonds is 1. The highest BCUT2D eigenvalue weighted by Gasteiger charge is 2.81. The quantitative estimate of drug-likeness (QED) is 0.480. The van der Waals surface area contributed by atoms with Gasteiger partial charge in [0.2, 0.25) is 5.79 Å². The van der Waals surface area contributed by atoms with Gasteiger partial charge in [-0.2, -0.15) is 0 Å². The molecule has 0 radical (unpaired) electrons. The third kappa shape index (κ3) is 0.998. The Morgan fingerprint density at radius 2 is 2.00 bits per heavy atom. The Labute approximate surface area is 89.6 Å². The molecule has 4 nitrogen and oxygen atoms in total. The van der Waals surface area contributed by atoms with Gasteiger partial charge in [0.1, 0.15) is 11.7 Å². The van der Waals surface area contributed by atoms with Crippen LogP contribution in [0.3, 0.4) is 0 Å². The summed E-state index contributed by atoms with van der Waals surface area (Å²) in [5, 5.41) is 0. The minimum Gasteiger partial charge on any atom is -0.360 e. The van der Waals surface area contributed by atoms with Crippen LogP contribution in [0, 0.1) is 5.92 Å². The van der Waals surface area contributed by atoms with Gasteiger partial charge in [0.05, 0.1) is 12.2 Å². The van der Waals surface area contributed by atoms with Crippen molar-refractivity contribution < 1.29 is 14.2 Å². The van der Waals surface area contributed by atoms with Gasteiger partial charge in [0.25, 0.3) is 0 Å². The molecule has 0 aromatic carbocycles. The van der Waals surface area contributed by atoms with Gasteiger partial charge in [0.15, 0.2) is 0 Å². The first-order valence-electron chi connectivity index (χ1n) is 5.47. The number of epoxide rings is 1. The summed E-state index contributed by atoms with van der Waals surface area (Å²) in [4.78, 5) is 4.02. The van der Waals surface area contributed by atoms with Crippen molar-refractivity contribution in [1.82, 2.24) is 0 Å². The molecule has 3 fully saturated rings. The zero-order valence-corrected chi connectivity index (χ0v) is 9.56. The van der Waals surface area contributed by atoms with Crippen LogP contribution in [-0.4, -0.2) is 43.0 Å². The van der Waals surface area contributed by atoms with Crippen LogP contribution in [0.2, 0.25) is 0 Å². The van der Waals surface area contributed by atoms with Gasteiger partial charge in [-0.05, 0) is 13.8 Å². The van der Waals surface area contributed by atoms with Crippen LogP contribution in [0.15, 0.2) is 4.99 Å². The molecule has 5 atom stereocenters. The average Bonchev–Trinajstić information content (AvgIpc) is 2.65. The Bertz CT molecular complexity index is 328. The summed E-state index contributed by atoms with van der Waals surface area (Å²) >= 11 is 0. The Kier molecular flexibility index (Phi) is 1.70. The molecule has 3 rings (SSSR count). The van der Waals surface area contributed by atoms with Crippen molar-refractivity contribution in [2.75, 3.05) is 7.05 Å². The van der Waals surface area contributed by atoms with E-state index in [1.807, 2.05) is 20.1 Å². The molecule has 0 N–H and O–H groups in total. The van der Waals surface area contributed by atoms with E-state index in [1.54, 1.807) is 7.05 Å². The van der Waals surface area contributed by atoms with Gasteiger partial charge in [-0.1, -0.05) is 6.92 Å². The number of hydrogen-bond acceptors (Lipinski definition) is 4. The van der Waals surface area contributed by atoms with Crippen molar-refractivity contribution in [2.45, 2.75) is 50.5 Å². The molecular formula is C11H17NO3. The van der Waals surface area contributed by atoms with Crippen molar-refractivity contribution in [2.24, 2.45) is 10.9 Å². The van der Waals surface area contributed by atoms with Crippen LogP contribution in [0.25, 0.3) is 0 Å². The standard InChI is InChI=1S/C11H17NO3/c1-6-7(5-12-4)13-9-8(6)14-11(9)10(2,3)15-11/h5-9H,1-4H3/t6-,7-,8?,9+,11?/m0/s1. The molecule has 3 aliphatic rings. The molecule has 0 aromatic heterocycles. The van der Waals surface area contributed by atoms with Crippen LogP contribution >= 0.6 is 0 Å². The van der Waals surface area contributed by atoms with Crippen molar-refractivity contribution in [1.29, 1.82) is 0 Å². The third-order valence-corrected chi connectivity index (χ3v) is 3.82. The van der Waals surface area contributed by atoms with Gasteiger partial charge in [0, 0.05) is 19.2 Å². The number of aliphatic imine (C=N–C) groups is 1. The predicted octanol–water partition coefficient (Wildman–Crippen LogP) is 0.994.